The van der Waals surface area contributed by atoms with E-state index in [1.807, 2.05) is 30.1 Å². The first kappa shape index (κ1) is 20.8. The maximum atomic E-state index is 12.5. The fourth-order valence-corrected chi connectivity index (χ4v) is 3.51. The molecule has 0 aliphatic carbocycles. The second kappa shape index (κ2) is 9.52. The number of hydrogen-bond acceptors (Lipinski definition) is 6. The highest BCUT2D eigenvalue weighted by Crippen LogP contribution is 2.32. The molecular weight excluding hydrogens is 370 g/mol. The lowest BCUT2D eigenvalue weighted by Crippen LogP contribution is -2.46. The van der Waals surface area contributed by atoms with Gasteiger partial charge in [-0.05, 0) is 26.1 Å². The Morgan fingerprint density at radius 3 is 2.55 bits per heavy atom. The standard InChI is InChI=1S/C22H29N3O4/c1-5-25-14-19(29-21-9-7-6-8-20(21)25)13-24(2)15-22(26)23-16-10-17(27-3)12-18(11-16)28-4/h6-12,19H,5,13-15H2,1-4H3,(H,23,26)/t19-/m1/s1. The van der Waals surface area contributed by atoms with Gasteiger partial charge in [0.1, 0.15) is 23.4 Å². The third-order valence-electron chi connectivity index (χ3n) is 4.87. The molecule has 1 atom stereocenters. The van der Waals surface area contributed by atoms with Gasteiger partial charge in [0.2, 0.25) is 5.91 Å². The van der Waals surface area contributed by atoms with Crippen molar-refractivity contribution in [1.82, 2.24) is 4.90 Å². The van der Waals surface area contributed by atoms with Crippen molar-refractivity contribution in [3.8, 4) is 17.2 Å². The van der Waals surface area contributed by atoms with Crippen LogP contribution in [-0.2, 0) is 4.79 Å². The van der Waals surface area contributed by atoms with Gasteiger partial charge in [-0.2, -0.15) is 0 Å². The molecule has 1 N–H and O–H groups in total. The highest BCUT2D eigenvalue weighted by atomic mass is 16.5. The number of hydrogen-bond donors (Lipinski definition) is 1. The number of carbonyl (C=O) groups excluding carboxylic acids is 1. The van der Waals surface area contributed by atoms with E-state index in [-0.39, 0.29) is 18.6 Å². The molecule has 2 aromatic rings. The van der Waals surface area contributed by atoms with Crippen molar-refractivity contribution in [3.63, 3.8) is 0 Å². The number of amides is 1. The van der Waals surface area contributed by atoms with Crippen LogP contribution >= 0.6 is 0 Å². The van der Waals surface area contributed by atoms with Gasteiger partial charge in [-0.25, -0.2) is 0 Å². The summed E-state index contributed by atoms with van der Waals surface area (Å²) in [5, 5.41) is 2.90. The Morgan fingerprint density at radius 1 is 1.21 bits per heavy atom. The first-order valence-electron chi connectivity index (χ1n) is 9.74. The Bertz CT molecular complexity index is 820. The molecule has 0 unspecified atom stereocenters. The molecule has 3 rings (SSSR count). The minimum atomic E-state index is -0.105. The molecule has 7 heteroatoms. The van der Waals surface area contributed by atoms with E-state index in [0.717, 1.165) is 24.5 Å². The third kappa shape index (κ3) is 5.32. The maximum absolute atomic E-state index is 12.5. The van der Waals surface area contributed by atoms with E-state index in [1.165, 1.54) is 0 Å². The molecular formula is C22H29N3O4. The van der Waals surface area contributed by atoms with E-state index in [1.54, 1.807) is 32.4 Å². The average molecular weight is 399 g/mol. The maximum Gasteiger partial charge on any atom is 0.238 e. The van der Waals surface area contributed by atoms with Crippen molar-refractivity contribution in [1.29, 1.82) is 0 Å². The Kier molecular flexibility index (Phi) is 6.82. The zero-order valence-electron chi connectivity index (χ0n) is 17.5. The summed E-state index contributed by atoms with van der Waals surface area (Å²) in [5.41, 5.74) is 1.76. The fourth-order valence-electron chi connectivity index (χ4n) is 3.51. The predicted molar refractivity (Wildman–Crippen MR) is 114 cm³/mol. The predicted octanol–water partition coefficient (Wildman–Crippen LogP) is 2.86. The summed E-state index contributed by atoms with van der Waals surface area (Å²) in [6.07, 6.45) is -0.000404. The molecule has 1 aliphatic heterocycles. The SMILES string of the molecule is CCN1C[C@@H](CN(C)CC(=O)Nc2cc(OC)cc(OC)c2)Oc2ccccc21. The van der Waals surface area contributed by atoms with Crippen molar-refractivity contribution in [2.45, 2.75) is 13.0 Å². The second-order valence-corrected chi connectivity index (χ2v) is 7.09. The number of nitrogens with zero attached hydrogens (tertiary/aromatic N) is 2. The average Bonchev–Trinajstić information content (AvgIpc) is 2.72. The van der Waals surface area contributed by atoms with Gasteiger partial charge in [0.05, 0.1) is 33.0 Å². The normalized spacial score (nSPS) is 15.5. The molecule has 1 amide bonds. The van der Waals surface area contributed by atoms with Gasteiger partial charge in [0.15, 0.2) is 0 Å². The van der Waals surface area contributed by atoms with Gasteiger partial charge in [-0.1, -0.05) is 12.1 Å². The molecule has 0 aromatic heterocycles. The highest BCUT2D eigenvalue weighted by Gasteiger charge is 2.25. The summed E-state index contributed by atoms with van der Waals surface area (Å²) in [5.74, 6) is 2.04. The number of carbonyl (C=O) groups is 1. The van der Waals surface area contributed by atoms with Crippen LogP contribution in [0.25, 0.3) is 0 Å². The van der Waals surface area contributed by atoms with Gasteiger partial charge in [0, 0.05) is 37.0 Å². The topological polar surface area (TPSA) is 63.3 Å². The van der Waals surface area contributed by atoms with Crippen molar-refractivity contribution < 1.29 is 19.0 Å². The van der Waals surface area contributed by atoms with Crippen LogP contribution in [0.1, 0.15) is 6.92 Å². The summed E-state index contributed by atoms with van der Waals surface area (Å²) in [6, 6.07) is 13.4. The van der Waals surface area contributed by atoms with Gasteiger partial charge in [0.25, 0.3) is 0 Å². The van der Waals surface area contributed by atoms with Crippen LogP contribution in [0, 0.1) is 0 Å². The Balaban J connectivity index is 1.57. The molecule has 0 fully saturated rings. The molecule has 0 radical (unpaired) electrons. The summed E-state index contributed by atoms with van der Waals surface area (Å²) >= 11 is 0. The van der Waals surface area contributed by atoms with Crippen LogP contribution < -0.4 is 24.4 Å². The summed E-state index contributed by atoms with van der Waals surface area (Å²) in [4.78, 5) is 16.8. The van der Waals surface area contributed by atoms with Gasteiger partial charge in [-0.3, -0.25) is 9.69 Å². The van der Waals surface area contributed by atoms with Crippen LogP contribution in [0.3, 0.4) is 0 Å². The summed E-state index contributed by atoms with van der Waals surface area (Å²) in [6.45, 7) is 4.76. The largest absolute Gasteiger partial charge is 0.497 e. The number of ether oxygens (including phenoxy) is 3. The molecule has 1 aliphatic rings. The van der Waals surface area contributed by atoms with E-state index in [2.05, 4.69) is 23.2 Å². The fraction of sp³-hybridized carbons (Fsp3) is 0.409. The van der Waals surface area contributed by atoms with Gasteiger partial charge < -0.3 is 24.4 Å². The summed E-state index contributed by atoms with van der Waals surface area (Å²) in [7, 11) is 5.08. The highest BCUT2D eigenvalue weighted by molar-refractivity contribution is 5.92. The van der Waals surface area contributed by atoms with Gasteiger partial charge >= 0.3 is 0 Å². The number of benzene rings is 2. The number of nitrogens with one attached hydrogen (secondary N) is 1. The van der Waals surface area contributed by atoms with Crippen molar-refractivity contribution >= 4 is 17.3 Å². The number of likely N-dealkylation sites (N-methyl/N-ethyl adjacent to an activating group) is 2. The van der Waals surface area contributed by atoms with Crippen LogP contribution in [0.4, 0.5) is 11.4 Å². The van der Waals surface area contributed by atoms with Crippen LogP contribution in [0.5, 0.6) is 17.2 Å². The number of rotatable bonds is 8. The first-order chi connectivity index (χ1) is 14.0. The number of methoxy groups -OCH3 is 2. The van der Waals surface area contributed by atoms with Crippen LogP contribution in [-0.4, -0.2) is 64.4 Å². The lowest BCUT2D eigenvalue weighted by Gasteiger charge is -2.37. The molecule has 0 bridgehead atoms. The molecule has 29 heavy (non-hydrogen) atoms. The minimum Gasteiger partial charge on any atom is -0.497 e. The third-order valence-corrected chi connectivity index (χ3v) is 4.87. The minimum absolute atomic E-state index is 0.000404. The Hall–Kier alpha value is -2.93. The molecule has 156 valence electrons. The van der Waals surface area contributed by atoms with Crippen LogP contribution in [0.2, 0.25) is 0 Å². The van der Waals surface area contributed by atoms with Crippen molar-refractivity contribution in [2.75, 3.05) is 57.7 Å². The second-order valence-electron chi connectivity index (χ2n) is 7.09. The monoisotopic (exact) mass is 399 g/mol. The smallest absolute Gasteiger partial charge is 0.238 e. The lowest BCUT2D eigenvalue weighted by atomic mass is 10.2. The van der Waals surface area contributed by atoms with Crippen molar-refractivity contribution in [2.24, 2.45) is 0 Å². The number of anilines is 2. The molecule has 2 aromatic carbocycles. The molecule has 0 spiro atoms. The van der Waals surface area contributed by atoms with E-state index in [9.17, 15) is 4.79 Å². The molecule has 7 nitrogen and oxygen atoms in total. The summed E-state index contributed by atoms with van der Waals surface area (Å²) < 4.78 is 16.6. The quantitative estimate of drug-likeness (QED) is 0.737. The lowest BCUT2D eigenvalue weighted by molar-refractivity contribution is -0.117. The molecule has 0 saturated heterocycles. The first-order valence-corrected chi connectivity index (χ1v) is 9.74. The van der Waals surface area contributed by atoms with E-state index in [0.29, 0.717) is 23.7 Å². The van der Waals surface area contributed by atoms with Crippen molar-refractivity contribution in [3.05, 3.63) is 42.5 Å². The Morgan fingerprint density at radius 2 is 1.90 bits per heavy atom. The molecule has 1 heterocycles. The zero-order valence-corrected chi connectivity index (χ0v) is 17.5. The Labute approximate surface area is 172 Å². The van der Waals surface area contributed by atoms with E-state index >= 15 is 0 Å². The zero-order chi connectivity index (χ0) is 20.8. The van der Waals surface area contributed by atoms with Crippen LogP contribution in [0.15, 0.2) is 42.5 Å². The number of para-hydroxylation sites is 2. The van der Waals surface area contributed by atoms with E-state index in [4.69, 9.17) is 14.2 Å². The number of fused-ring (bicyclic) bond motifs is 1. The van der Waals surface area contributed by atoms with Gasteiger partial charge in [-0.15, -0.1) is 0 Å². The molecule has 0 saturated carbocycles. The van der Waals surface area contributed by atoms with E-state index < -0.39 is 0 Å².